The molecule has 0 aliphatic rings. The molecule has 3 aromatic rings. The minimum absolute atomic E-state index is 0.117. The molecule has 0 saturated heterocycles. The van der Waals surface area contributed by atoms with E-state index in [9.17, 15) is 4.79 Å². The molecule has 3 rings (SSSR count). The molecular weight excluding hydrogens is 314 g/mol. The quantitative estimate of drug-likeness (QED) is 0.667. The van der Waals surface area contributed by atoms with Crippen LogP contribution in [0.1, 0.15) is 15.9 Å². The smallest absolute Gasteiger partial charge is 0.167 e. The van der Waals surface area contributed by atoms with Crippen molar-refractivity contribution in [1.29, 1.82) is 0 Å². The number of rotatable bonds is 3. The van der Waals surface area contributed by atoms with Crippen LogP contribution < -0.4 is 0 Å². The van der Waals surface area contributed by atoms with Crippen molar-refractivity contribution in [2.75, 3.05) is 0 Å². The summed E-state index contributed by atoms with van der Waals surface area (Å²) in [6, 6.07) is 17.3. The zero-order valence-corrected chi connectivity index (χ0v) is 12.3. The van der Waals surface area contributed by atoms with E-state index in [4.69, 9.17) is 0 Å². The second-order valence-corrected chi connectivity index (χ2v) is 5.52. The van der Waals surface area contributed by atoms with E-state index in [0.29, 0.717) is 6.42 Å². The molecule has 0 bridgehead atoms. The Morgan fingerprint density at radius 1 is 1.00 bits per heavy atom. The molecule has 2 nitrogen and oxygen atoms in total. The van der Waals surface area contributed by atoms with Gasteiger partial charge in [0.05, 0.1) is 5.52 Å². The highest BCUT2D eigenvalue weighted by Crippen LogP contribution is 2.19. The van der Waals surface area contributed by atoms with Gasteiger partial charge in [0.25, 0.3) is 0 Å². The fourth-order valence-corrected chi connectivity index (χ4v) is 2.49. The van der Waals surface area contributed by atoms with Crippen LogP contribution >= 0.6 is 15.9 Å². The number of carbonyl (C=O) groups is 1. The summed E-state index contributed by atoms with van der Waals surface area (Å²) >= 11 is 3.40. The van der Waals surface area contributed by atoms with Crippen molar-refractivity contribution in [3.05, 3.63) is 76.4 Å². The fraction of sp³-hybridized carbons (Fsp3) is 0.0588. The van der Waals surface area contributed by atoms with E-state index >= 15 is 0 Å². The third kappa shape index (κ3) is 2.63. The molecule has 2 aromatic carbocycles. The second-order valence-electron chi connectivity index (χ2n) is 4.60. The van der Waals surface area contributed by atoms with Crippen molar-refractivity contribution >= 4 is 32.6 Å². The Morgan fingerprint density at radius 3 is 2.55 bits per heavy atom. The Labute approximate surface area is 125 Å². The highest BCUT2D eigenvalue weighted by atomic mass is 79.9. The Morgan fingerprint density at radius 2 is 1.75 bits per heavy atom. The lowest BCUT2D eigenvalue weighted by Crippen LogP contribution is -2.04. The average molecular weight is 326 g/mol. The third-order valence-electron chi connectivity index (χ3n) is 3.23. The average Bonchev–Trinajstić information content (AvgIpc) is 2.49. The van der Waals surface area contributed by atoms with Crippen LogP contribution in [0.4, 0.5) is 0 Å². The first-order chi connectivity index (χ1) is 9.74. The predicted molar refractivity (Wildman–Crippen MR) is 83.9 cm³/mol. The molecule has 0 amide bonds. The van der Waals surface area contributed by atoms with Crippen molar-refractivity contribution < 1.29 is 4.79 Å². The summed E-state index contributed by atoms with van der Waals surface area (Å²) in [4.78, 5) is 16.8. The summed E-state index contributed by atoms with van der Waals surface area (Å²) in [5.74, 6) is 0.117. The minimum atomic E-state index is 0.117. The summed E-state index contributed by atoms with van der Waals surface area (Å²) in [6.07, 6.45) is 2.10. The first-order valence-electron chi connectivity index (χ1n) is 6.35. The maximum atomic E-state index is 12.5. The molecule has 0 aliphatic heterocycles. The van der Waals surface area contributed by atoms with Crippen LogP contribution in [-0.4, -0.2) is 10.8 Å². The van der Waals surface area contributed by atoms with Gasteiger partial charge in [0, 0.05) is 28.0 Å². The maximum Gasteiger partial charge on any atom is 0.167 e. The molecule has 0 N–H and O–H groups in total. The standard InChI is InChI=1S/C17H12BrNO/c18-13-7-5-12(6-8-13)11-17(20)15-9-10-19-16-4-2-1-3-14(15)16/h1-10H,11H2. The van der Waals surface area contributed by atoms with Crippen LogP contribution in [0.5, 0.6) is 0 Å². The fourth-order valence-electron chi connectivity index (χ4n) is 2.22. The molecule has 1 heterocycles. The highest BCUT2D eigenvalue weighted by molar-refractivity contribution is 9.10. The maximum absolute atomic E-state index is 12.5. The predicted octanol–water partition coefficient (Wildman–Crippen LogP) is 4.42. The van der Waals surface area contributed by atoms with E-state index < -0.39 is 0 Å². The van der Waals surface area contributed by atoms with E-state index in [2.05, 4.69) is 20.9 Å². The summed E-state index contributed by atoms with van der Waals surface area (Å²) in [7, 11) is 0. The number of aromatic nitrogens is 1. The van der Waals surface area contributed by atoms with Crippen LogP contribution in [0.2, 0.25) is 0 Å². The van der Waals surface area contributed by atoms with E-state index in [-0.39, 0.29) is 5.78 Å². The van der Waals surface area contributed by atoms with Crippen LogP contribution in [0.15, 0.2) is 65.3 Å². The molecule has 98 valence electrons. The van der Waals surface area contributed by atoms with Gasteiger partial charge < -0.3 is 0 Å². The number of hydrogen-bond donors (Lipinski definition) is 0. The highest BCUT2D eigenvalue weighted by Gasteiger charge is 2.11. The second kappa shape index (κ2) is 5.55. The van der Waals surface area contributed by atoms with Crippen LogP contribution in [0.25, 0.3) is 10.9 Å². The van der Waals surface area contributed by atoms with Crippen molar-refractivity contribution in [3.63, 3.8) is 0 Å². The number of benzene rings is 2. The molecule has 0 atom stereocenters. The van der Waals surface area contributed by atoms with Gasteiger partial charge in [-0.15, -0.1) is 0 Å². The van der Waals surface area contributed by atoms with Gasteiger partial charge in [0.15, 0.2) is 5.78 Å². The largest absolute Gasteiger partial charge is 0.294 e. The Balaban J connectivity index is 1.94. The lowest BCUT2D eigenvalue weighted by Gasteiger charge is -2.05. The molecule has 0 spiro atoms. The number of Topliss-reactive ketones (excluding diaryl/α,β-unsaturated/α-hetero) is 1. The van der Waals surface area contributed by atoms with Gasteiger partial charge >= 0.3 is 0 Å². The molecule has 0 fully saturated rings. The zero-order chi connectivity index (χ0) is 13.9. The van der Waals surface area contributed by atoms with Gasteiger partial charge in [-0.3, -0.25) is 9.78 Å². The van der Waals surface area contributed by atoms with Crippen molar-refractivity contribution in [1.82, 2.24) is 4.98 Å². The number of nitrogens with zero attached hydrogens (tertiary/aromatic N) is 1. The monoisotopic (exact) mass is 325 g/mol. The lowest BCUT2D eigenvalue weighted by molar-refractivity contribution is 0.0994. The Kier molecular flexibility index (Phi) is 3.61. The number of fused-ring (bicyclic) bond motifs is 1. The molecular formula is C17H12BrNO. The topological polar surface area (TPSA) is 30.0 Å². The summed E-state index contributed by atoms with van der Waals surface area (Å²) < 4.78 is 1.02. The van der Waals surface area contributed by atoms with Crippen molar-refractivity contribution in [2.45, 2.75) is 6.42 Å². The molecule has 1 aromatic heterocycles. The lowest BCUT2D eigenvalue weighted by atomic mass is 10.00. The van der Waals surface area contributed by atoms with Crippen LogP contribution in [0.3, 0.4) is 0 Å². The van der Waals surface area contributed by atoms with Crippen molar-refractivity contribution in [2.24, 2.45) is 0 Å². The Bertz CT molecular complexity index is 760. The first kappa shape index (κ1) is 13.0. The molecule has 0 radical (unpaired) electrons. The van der Waals surface area contributed by atoms with E-state index in [1.807, 2.05) is 48.5 Å². The van der Waals surface area contributed by atoms with Gasteiger partial charge in [0.1, 0.15) is 0 Å². The van der Waals surface area contributed by atoms with Gasteiger partial charge in [-0.1, -0.05) is 46.3 Å². The van der Waals surface area contributed by atoms with Crippen LogP contribution in [0, 0.1) is 0 Å². The minimum Gasteiger partial charge on any atom is -0.294 e. The third-order valence-corrected chi connectivity index (χ3v) is 3.76. The summed E-state index contributed by atoms with van der Waals surface area (Å²) in [5, 5.41) is 0.914. The molecule has 20 heavy (non-hydrogen) atoms. The van der Waals surface area contributed by atoms with E-state index in [0.717, 1.165) is 26.5 Å². The Hall–Kier alpha value is -2.00. The molecule has 0 aliphatic carbocycles. The normalized spacial score (nSPS) is 10.7. The number of pyridine rings is 1. The number of hydrogen-bond acceptors (Lipinski definition) is 2. The first-order valence-corrected chi connectivity index (χ1v) is 7.15. The number of ketones is 1. The molecule has 0 saturated carbocycles. The zero-order valence-electron chi connectivity index (χ0n) is 10.7. The SMILES string of the molecule is O=C(Cc1ccc(Br)cc1)c1ccnc2ccccc12. The van der Waals surface area contributed by atoms with E-state index in [1.165, 1.54) is 0 Å². The number of carbonyl (C=O) groups excluding carboxylic acids is 1. The van der Waals surface area contributed by atoms with Gasteiger partial charge in [-0.05, 0) is 29.8 Å². The number of halogens is 1. The van der Waals surface area contributed by atoms with Gasteiger partial charge in [0.2, 0.25) is 0 Å². The molecule has 0 unspecified atom stereocenters. The number of para-hydroxylation sites is 1. The summed E-state index contributed by atoms with van der Waals surface area (Å²) in [6.45, 7) is 0. The van der Waals surface area contributed by atoms with Crippen molar-refractivity contribution in [3.8, 4) is 0 Å². The molecule has 3 heteroatoms. The van der Waals surface area contributed by atoms with Crippen LogP contribution in [-0.2, 0) is 6.42 Å². The van der Waals surface area contributed by atoms with Gasteiger partial charge in [-0.2, -0.15) is 0 Å². The van der Waals surface area contributed by atoms with Gasteiger partial charge in [-0.25, -0.2) is 0 Å². The summed E-state index contributed by atoms with van der Waals surface area (Å²) in [5.41, 5.74) is 2.60. The van der Waals surface area contributed by atoms with E-state index in [1.54, 1.807) is 12.3 Å².